The van der Waals surface area contributed by atoms with E-state index in [1.54, 1.807) is 4.90 Å². The SMILES string of the molecule is O=C(c1ccc2c(c1)CCC2)N1CCN(C(=O)[C@H]2COc3ccccc3O2)CC1. The summed E-state index contributed by atoms with van der Waals surface area (Å²) in [5.74, 6) is 1.24. The number of hydrogen-bond donors (Lipinski definition) is 0. The predicted octanol–water partition coefficient (Wildman–Crippen LogP) is 2.30. The smallest absolute Gasteiger partial charge is 0.267 e. The van der Waals surface area contributed by atoms with Gasteiger partial charge in [-0.1, -0.05) is 18.2 Å². The Morgan fingerprint density at radius 2 is 1.59 bits per heavy atom. The topological polar surface area (TPSA) is 59.1 Å². The molecule has 1 saturated heterocycles. The monoisotopic (exact) mass is 392 g/mol. The van der Waals surface area contributed by atoms with Gasteiger partial charge in [0.15, 0.2) is 11.5 Å². The summed E-state index contributed by atoms with van der Waals surface area (Å²) in [4.78, 5) is 29.4. The van der Waals surface area contributed by atoms with Crippen LogP contribution in [0.4, 0.5) is 0 Å². The van der Waals surface area contributed by atoms with E-state index in [1.165, 1.54) is 17.5 Å². The maximum atomic E-state index is 12.9. The fourth-order valence-corrected chi connectivity index (χ4v) is 4.36. The first-order chi connectivity index (χ1) is 14.2. The van der Waals surface area contributed by atoms with Crippen molar-refractivity contribution in [2.45, 2.75) is 25.4 Å². The van der Waals surface area contributed by atoms with Crippen molar-refractivity contribution in [2.24, 2.45) is 0 Å². The molecule has 0 spiro atoms. The molecule has 5 rings (SSSR count). The van der Waals surface area contributed by atoms with Gasteiger partial charge in [-0.3, -0.25) is 9.59 Å². The lowest BCUT2D eigenvalue weighted by Crippen LogP contribution is -2.55. The van der Waals surface area contributed by atoms with Crippen LogP contribution in [0.15, 0.2) is 42.5 Å². The first-order valence-corrected chi connectivity index (χ1v) is 10.3. The molecule has 2 aromatic rings. The van der Waals surface area contributed by atoms with Crippen LogP contribution in [0.3, 0.4) is 0 Å². The van der Waals surface area contributed by atoms with Gasteiger partial charge in [0.25, 0.3) is 11.8 Å². The minimum atomic E-state index is -0.635. The van der Waals surface area contributed by atoms with Crippen LogP contribution in [0.25, 0.3) is 0 Å². The summed E-state index contributed by atoms with van der Waals surface area (Å²) in [5.41, 5.74) is 3.43. The number of fused-ring (bicyclic) bond motifs is 2. The van der Waals surface area contributed by atoms with E-state index in [0.717, 1.165) is 18.4 Å². The summed E-state index contributed by atoms with van der Waals surface area (Å²) in [5, 5.41) is 0. The normalized spacial score (nSPS) is 20.3. The Hall–Kier alpha value is -3.02. The highest BCUT2D eigenvalue weighted by molar-refractivity contribution is 5.94. The molecular formula is C23H24N2O4. The van der Waals surface area contributed by atoms with Crippen LogP contribution < -0.4 is 9.47 Å². The molecule has 3 aliphatic rings. The van der Waals surface area contributed by atoms with E-state index >= 15 is 0 Å². The van der Waals surface area contributed by atoms with Gasteiger partial charge in [0.1, 0.15) is 6.61 Å². The van der Waals surface area contributed by atoms with Crippen molar-refractivity contribution in [3.63, 3.8) is 0 Å². The van der Waals surface area contributed by atoms with E-state index < -0.39 is 6.10 Å². The number of piperazine rings is 1. The van der Waals surface area contributed by atoms with Gasteiger partial charge in [0.2, 0.25) is 6.10 Å². The summed E-state index contributed by atoms with van der Waals surface area (Å²) in [6.45, 7) is 2.30. The number of ether oxygens (including phenoxy) is 2. The molecule has 0 aromatic heterocycles. The molecule has 2 amide bonds. The Morgan fingerprint density at radius 3 is 2.41 bits per heavy atom. The number of aryl methyl sites for hydroxylation is 2. The third-order valence-electron chi connectivity index (χ3n) is 6.01. The van der Waals surface area contributed by atoms with E-state index in [0.29, 0.717) is 37.7 Å². The summed E-state index contributed by atoms with van der Waals surface area (Å²) in [6, 6.07) is 13.5. The highest BCUT2D eigenvalue weighted by Crippen LogP contribution is 2.31. The van der Waals surface area contributed by atoms with Crippen LogP contribution in [-0.2, 0) is 17.6 Å². The average Bonchev–Trinajstić information content (AvgIpc) is 3.26. The molecule has 2 aromatic carbocycles. The van der Waals surface area contributed by atoms with Gasteiger partial charge < -0.3 is 19.3 Å². The number of carbonyl (C=O) groups excluding carboxylic acids is 2. The van der Waals surface area contributed by atoms with Crippen molar-refractivity contribution in [1.29, 1.82) is 0 Å². The first-order valence-electron chi connectivity index (χ1n) is 10.3. The number of nitrogens with zero attached hydrogens (tertiary/aromatic N) is 2. The zero-order chi connectivity index (χ0) is 19.8. The summed E-state index contributed by atoms with van der Waals surface area (Å²) < 4.78 is 11.5. The average molecular weight is 392 g/mol. The van der Waals surface area contributed by atoms with Gasteiger partial charge in [0.05, 0.1) is 0 Å². The molecule has 1 aliphatic carbocycles. The molecule has 1 atom stereocenters. The van der Waals surface area contributed by atoms with Crippen molar-refractivity contribution >= 4 is 11.8 Å². The number of hydrogen-bond acceptors (Lipinski definition) is 4. The molecule has 6 nitrogen and oxygen atoms in total. The Balaban J connectivity index is 1.19. The number of amides is 2. The van der Waals surface area contributed by atoms with Crippen LogP contribution >= 0.6 is 0 Å². The molecule has 0 N–H and O–H groups in total. The molecule has 150 valence electrons. The molecule has 6 heteroatoms. The maximum absolute atomic E-state index is 12.9. The summed E-state index contributed by atoms with van der Waals surface area (Å²) in [6.07, 6.45) is 2.71. The molecule has 1 fully saturated rings. The molecule has 29 heavy (non-hydrogen) atoms. The summed E-state index contributed by atoms with van der Waals surface area (Å²) in [7, 11) is 0. The first kappa shape index (κ1) is 18.0. The lowest BCUT2D eigenvalue weighted by Gasteiger charge is -2.37. The van der Waals surface area contributed by atoms with Gasteiger partial charge in [-0.05, 0) is 54.7 Å². The summed E-state index contributed by atoms with van der Waals surface area (Å²) >= 11 is 0. The van der Waals surface area contributed by atoms with E-state index in [1.807, 2.05) is 41.3 Å². The number of carbonyl (C=O) groups is 2. The van der Waals surface area contributed by atoms with Gasteiger partial charge in [-0.15, -0.1) is 0 Å². The Bertz CT molecular complexity index is 950. The minimum absolute atomic E-state index is 0.0537. The van der Waals surface area contributed by atoms with E-state index in [-0.39, 0.29) is 18.4 Å². The minimum Gasteiger partial charge on any atom is -0.485 e. The van der Waals surface area contributed by atoms with Gasteiger partial charge >= 0.3 is 0 Å². The Morgan fingerprint density at radius 1 is 0.862 bits per heavy atom. The molecule has 2 aliphatic heterocycles. The van der Waals surface area contributed by atoms with Crippen LogP contribution in [-0.4, -0.2) is 60.5 Å². The van der Waals surface area contributed by atoms with E-state index in [2.05, 4.69) is 6.07 Å². The Labute approximate surface area is 170 Å². The lowest BCUT2D eigenvalue weighted by atomic mass is 10.1. The van der Waals surface area contributed by atoms with Crippen molar-refractivity contribution in [2.75, 3.05) is 32.8 Å². The molecule has 2 heterocycles. The van der Waals surface area contributed by atoms with Crippen molar-refractivity contribution in [1.82, 2.24) is 9.80 Å². The Kier molecular flexibility index (Phi) is 4.62. The highest BCUT2D eigenvalue weighted by Gasteiger charge is 2.33. The van der Waals surface area contributed by atoms with Gasteiger partial charge in [-0.25, -0.2) is 0 Å². The zero-order valence-corrected chi connectivity index (χ0v) is 16.3. The molecule has 0 unspecified atom stereocenters. The van der Waals surface area contributed by atoms with Crippen LogP contribution in [0.5, 0.6) is 11.5 Å². The fraction of sp³-hybridized carbons (Fsp3) is 0.391. The number of rotatable bonds is 2. The number of benzene rings is 2. The second-order valence-corrected chi connectivity index (χ2v) is 7.82. The zero-order valence-electron chi connectivity index (χ0n) is 16.3. The van der Waals surface area contributed by atoms with Crippen molar-refractivity contribution in [3.05, 3.63) is 59.2 Å². The van der Waals surface area contributed by atoms with Crippen molar-refractivity contribution in [3.8, 4) is 11.5 Å². The van der Waals surface area contributed by atoms with Crippen LogP contribution in [0, 0.1) is 0 Å². The molecule has 0 bridgehead atoms. The highest BCUT2D eigenvalue weighted by atomic mass is 16.6. The molecular weight excluding hydrogens is 368 g/mol. The van der Waals surface area contributed by atoms with Crippen molar-refractivity contribution < 1.29 is 19.1 Å². The largest absolute Gasteiger partial charge is 0.485 e. The molecule has 0 radical (unpaired) electrons. The third-order valence-corrected chi connectivity index (χ3v) is 6.01. The quantitative estimate of drug-likeness (QED) is 0.787. The van der Waals surface area contributed by atoms with Gasteiger partial charge in [0, 0.05) is 31.7 Å². The van der Waals surface area contributed by atoms with Crippen LogP contribution in [0.1, 0.15) is 27.9 Å². The van der Waals surface area contributed by atoms with Crippen LogP contribution in [0.2, 0.25) is 0 Å². The fourth-order valence-electron chi connectivity index (χ4n) is 4.36. The maximum Gasteiger partial charge on any atom is 0.267 e. The number of para-hydroxylation sites is 2. The van der Waals surface area contributed by atoms with Gasteiger partial charge in [-0.2, -0.15) is 0 Å². The molecule has 0 saturated carbocycles. The van der Waals surface area contributed by atoms with E-state index in [4.69, 9.17) is 9.47 Å². The predicted molar refractivity (Wildman–Crippen MR) is 107 cm³/mol. The second kappa shape index (κ2) is 7.43. The second-order valence-electron chi connectivity index (χ2n) is 7.82. The lowest BCUT2D eigenvalue weighted by molar-refractivity contribution is -0.142. The third kappa shape index (κ3) is 3.43. The standard InChI is InChI=1S/C23H24N2O4/c26-22(18-9-8-16-4-3-5-17(16)14-18)24-10-12-25(13-11-24)23(27)21-15-28-19-6-1-2-7-20(19)29-21/h1-2,6-9,14,21H,3-5,10-13,15H2/t21-/m1/s1. The van der Waals surface area contributed by atoms with E-state index in [9.17, 15) is 9.59 Å².